The van der Waals surface area contributed by atoms with Crippen LogP contribution in [0.2, 0.25) is 5.15 Å². The number of aliphatic hydroxyl groups is 2. The number of fused-ring (bicyclic) bond motifs is 1. The number of imidazole rings is 1. The standard InChI is InChI=1S/C17H25ClN4O9P2/c18-14-6-11(21-4-2-1-3-5-21)12-7-19-16(22(12)20-14)17(24)9-30-13(15(17)23)8-31-33(28,29)10-32(25,26)27/h6-7,13,15,23-24H,1-5,8-10H2,(H,28,29)(H2,25,26,27)/t13-,15-,17+/m1/s1. The van der Waals surface area contributed by atoms with Crippen molar-refractivity contribution >= 4 is 38.0 Å². The highest BCUT2D eigenvalue weighted by Gasteiger charge is 2.53. The highest BCUT2D eigenvalue weighted by molar-refractivity contribution is 7.70. The fraction of sp³-hybridized carbons (Fsp3) is 0.647. The van der Waals surface area contributed by atoms with Crippen molar-refractivity contribution in [2.24, 2.45) is 0 Å². The lowest BCUT2D eigenvalue weighted by molar-refractivity contribution is -0.0652. The average Bonchev–Trinajstić information content (AvgIpc) is 3.27. The fourth-order valence-electron chi connectivity index (χ4n) is 4.13. The number of ether oxygens (including phenoxy) is 1. The summed E-state index contributed by atoms with van der Waals surface area (Å²) in [5.41, 5.74) is -0.665. The number of aromatic nitrogens is 3. The van der Waals surface area contributed by atoms with Crippen LogP contribution in [0.4, 0.5) is 5.69 Å². The first-order valence-electron chi connectivity index (χ1n) is 10.2. The van der Waals surface area contributed by atoms with Crippen molar-refractivity contribution in [1.82, 2.24) is 14.6 Å². The molecule has 2 saturated heterocycles. The molecular weight excluding hydrogens is 502 g/mol. The predicted octanol–water partition coefficient (Wildman–Crippen LogP) is 0.657. The first-order chi connectivity index (χ1) is 15.4. The molecule has 0 saturated carbocycles. The maximum Gasteiger partial charge on any atom is 0.340 e. The summed E-state index contributed by atoms with van der Waals surface area (Å²) < 4.78 is 34.3. The predicted molar refractivity (Wildman–Crippen MR) is 116 cm³/mol. The molecule has 16 heteroatoms. The minimum Gasteiger partial charge on any atom is -0.387 e. The molecule has 0 aromatic carbocycles. The van der Waals surface area contributed by atoms with E-state index in [-0.39, 0.29) is 11.0 Å². The Kier molecular flexibility index (Phi) is 6.94. The first kappa shape index (κ1) is 25.0. The lowest BCUT2D eigenvalue weighted by Gasteiger charge is -2.29. The lowest BCUT2D eigenvalue weighted by atomic mass is 9.96. The smallest absolute Gasteiger partial charge is 0.340 e. The minimum absolute atomic E-state index is 0.0318. The molecule has 0 spiro atoms. The van der Waals surface area contributed by atoms with Crippen LogP contribution in [0.3, 0.4) is 0 Å². The summed E-state index contributed by atoms with van der Waals surface area (Å²) in [7, 11) is -9.46. The van der Waals surface area contributed by atoms with Gasteiger partial charge < -0.3 is 39.1 Å². The number of nitrogens with zero attached hydrogens (tertiary/aromatic N) is 4. The van der Waals surface area contributed by atoms with Gasteiger partial charge in [0.1, 0.15) is 17.7 Å². The summed E-state index contributed by atoms with van der Waals surface area (Å²) in [6.45, 7) is 0.556. The van der Waals surface area contributed by atoms with E-state index in [1.54, 1.807) is 6.07 Å². The first-order valence-corrected chi connectivity index (χ1v) is 14.2. The van der Waals surface area contributed by atoms with Crippen LogP contribution in [-0.2, 0) is 24.0 Å². The highest BCUT2D eigenvalue weighted by atomic mass is 35.5. The van der Waals surface area contributed by atoms with Crippen molar-refractivity contribution in [3.63, 3.8) is 0 Å². The van der Waals surface area contributed by atoms with Crippen LogP contribution < -0.4 is 4.90 Å². The summed E-state index contributed by atoms with van der Waals surface area (Å²) in [5.74, 6) is -1.41. The quantitative estimate of drug-likeness (QED) is 0.317. The van der Waals surface area contributed by atoms with Crippen LogP contribution >= 0.6 is 26.8 Å². The Balaban J connectivity index is 1.57. The normalized spacial score (nSPS) is 28.4. The number of piperidine rings is 1. The van der Waals surface area contributed by atoms with E-state index >= 15 is 0 Å². The number of hydrogen-bond donors (Lipinski definition) is 5. The Hall–Kier alpha value is -1.11. The van der Waals surface area contributed by atoms with Crippen molar-refractivity contribution in [2.45, 2.75) is 37.1 Å². The summed E-state index contributed by atoms with van der Waals surface area (Å²) >= 11 is 6.24. The molecule has 5 N–H and O–H groups in total. The van der Waals surface area contributed by atoms with E-state index in [1.165, 1.54) is 10.7 Å². The van der Waals surface area contributed by atoms with E-state index in [1.807, 2.05) is 0 Å². The molecular formula is C17H25ClN4O9P2. The van der Waals surface area contributed by atoms with Gasteiger partial charge in [0, 0.05) is 19.2 Å². The average molecular weight is 527 g/mol. The molecule has 4 rings (SSSR count). The molecule has 0 aliphatic carbocycles. The van der Waals surface area contributed by atoms with Gasteiger partial charge >= 0.3 is 15.2 Å². The van der Waals surface area contributed by atoms with Crippen LogP contribution in [0.5, 0.6) is 0 Å². The van der Waals surface area contributed by atoms with Crippen LogP contribution in [-0.4, -0.2) is 83.9 Å². The second kappa shape index (κ2) is 9.16. The largest absolute Gasteiger partial charge is 0.387 e. The third-order valence-corrected chi connectivity index (χ3v) is 9.34. The van der Waals surface area contributed by atoms with E-state index in [2.05, 4.69) is 15.0 Å². The van der Waals surface area contributed by atoms with Crippen LogP contribution in [0.1, 0.15) is 25.1 Å². The molecule has 1 unspecified atom stereocenters. The molecule has 33 heavy (non-hydrogen) atoms. The summed E-state index contributed by atoms with van der Waals surface area (Å²) in [4.78, 5) is 33.8. The van der Waals surface area contributed by atoms with Gasteiger partial charge in [0.15, 0.2) is 22.5 Å². The van der Waals surface area contributed by atoms with Crippen LogP contribution in [0.15, 0.2) is 12.3 Å². The molecule has 2 aromatic rings. The van der Waals surface area contributed by atoms with Gasteiger partial charge in [-0.3, -0.25) is 9.13 Å². The van der Waals surface area contributed by atoms with Crippen LogP contribution in [0, 0.1) is 0 Å². The number of aliphatic hydroxyl groups excluding tert-OH is 1. The molecule has 2 aliphatic rings. The maximum atomic E-state index is 11.9. The highest BCUT2D eigenvalue weighted by Crippen LogP contribution is 2.55. The molecule has 2 fully saturated rings. The number of rotatable bonds is 7. The van der Waals surface area contributed by atoms with Gasteiger partial charge in [0.25, 0.3) is 0 Å². The summed E-state index contributed by atoms with van der Waals surface area (Å²) in [6, 6.07) is 1.72. The Bertz CT molecular complexity index is 1120. The van der Waals surface area contributed by atoms with Crippen molar-refractivity contribution in [3.8, 4) is 0 Å². The molecule has 0 amide bonds. The molecule has 2 aromatic heterocycles. The lowest BCUT2D eigenvalue weighted by Crippen LogP contribution is -2.44. The third kappa shape index (κ3) is 5.28. The van der Waals surface area contributed by atoms with Crippen LogP contribution in [0.25, 0.3) is 5.52 Å². The Morgan fingerprint density at radius 1 is 1.24 bits per heavy atom. The zero-order valence-electron chi connectivity index (χ0n) is 17.4. The zero-order valence-corrected chi connectivity index (χ0v) is 19.9. The van der Waals surface area contributed by atoms with E-state index < -0.39 is 52.1 Å². The SMILES string of the molecule is O=P(O)(O)CP(=O)(O)OC[C@H]1OC[C@@](O)(c2ncc3c(N4CCCCC4)cc(Cl)nn23)[C@@H]1O. The van der Waals surface area contributed by atoms with Crippen molar-refractivity contribution in [1.29, 1.82) is 0 Å². The molecule has 0 bridgehead atoms. The number of hydrogen-bond acceptors (Lipinski definition) is 9. The Morgan fingerprint density at radius 2 is 1.94 bits per heavy atom. The Labute approximate surface area is 193 Å². The summed E-state index contributed by atoms with van der Waals surface area (Å²) in [5, 5.41) is 26.4. The van der Waals surface area contributed by atoms with Gasteiger partial charge in [-0.25, -0.2) is 9.50 Å². The molecule has 2 aliphatic heterocycles. The molecule has 4 atom stereocenters. The van der Waals surface area contributed by atoms with Gasteiger partial charge in [0.05, 0.1) is 25.1 Å². The Morgan fingerprint density at radius 3 is 2.61 bits per heavy atom. The van der Waals surface area contributed by atoms with Crippen molar-refractivity contribution < 1.29 is 43.3 Å². The number of anilines is 1. The third-order valence-electron chi connectivity index (χ3n) is 5.70. The molecule has 184 valence electrons. The minimum atomic E-state index is -4.81. The van der Waals surface area contributed by atoms with Gasteiger partial charge in [-0.05, 0) is 19.3 Å². The topological polar surface area (TPSA) is 187 Å². The van der Waals surface area contributed by atoms with Gasteiger partial charge in [-0.15, -0.1) is 0 Å². The zero-order chi connectivity index (χ0) is 24.0. The monoisotopic (exact) mass is 526 g/mol. The van der Waals surface area contributed by atoms with E-state index in [0.29, 0.717) is 5.52 Å². The van der Waals surface area contributed by atoms with Gasteiger partial charge in [0.2, 0.25) is 0 Å². The fourth-order valence-corrected chi connectivity index (χ4v) is 6.88. The van der Waals surface area contributed by atoms with Crippen molar-refractivity contribution in [2.75, 3.05) is 37.1 Å². The summed E-state index contributed by atoms with van der Waals surface area (Å²) in [6.07, 6.45) is 1.80. The maximum absolute atomic E-state index is 11.9. The molecule has 0 radical (unpaired) electrons. The second-order valence-electron chi connectivity index (χ2n) is 8.24. The second-order valence-corrected chi connectivity index (χ2v) is 12.6. The molecule has 13 nitrogen and oxygen atoms in total. The molecule has 4 heterocycles. The number of halogens is 1. The van der Waals surface area contributed by atoms with E-state index in [9.17, 15) is 24.2 Å². The van der Waals surface area contributed by atoms with Crippen molar-refractivity contribution in [3.05, 3.63) is 23.2 Å². The van der Waals surface area contributed by atoms with Gasteiger partial charge in [-0.2, -0.15) is 5.10 Å². The van der Waals surface area contributed by atoms with Gasteiger partial charge in [-0.1, -0.05) is 11.6 Å². The van der Waals surface area contributed by atoms with E-state index in [4.69, 9.17) is 30.6 Å². The van der Waals surface area contributed by atoms with E-state index in [0.717, 1.165) is 38.0 Å².